The molecule has 3 atom stereocenters. The lowest BCUT2D eigenvalue weighted by atomic mass is 9.75. The van der Waals surface area contributed by atoms with Crippen molar-refractivity contribution in [1.29, 1.82) is 0 Å². The third-order valence-electron chi connectivity index (χ3n) is 13.1. The molecule has 1 saturated carbocycles. The first-order chi connectivity index (χ1) is 28.3. The smallest absolute Gasteiger partial charge is 0.303 e. The van der Waals surface area contributed by atoms with E-state index in [0.717, 1.165) is 96.4 Å². The van der Waals surface area contributed by atoms with Crippen LogP contribution in [0.15, 0.2) is 0 Å². The molecule has 2 aliphatic rings. The zero-order chi connectivity index (χ0) is 44.8. The lowest BCUT2D eigenvalue weighted by molar-refractivity contribution is -0.138. The van der Waals surface area contributed by atoms with E-state index in [2.05, 4.69) is 62.8 Å². The Kier molecular flexibility index (Phi) is 23.7. The van der Waals surface area contributed by atoms with Crippen LogP contribution in [0.5, 0.6) is 0 Å². The molecule has 2 fully saturated rings. The molecule has 3 unspecified atom stereocenters. The van der Waals surface area contributed by atoms with Gasteiger partial charge in [-0.25, -0.2) is 0 Å². The number of hydrogen-bond acceptors (Lipinski definition) is 8. The van der Waals surface area contributed by atoms with Gasteiger partial charge in [-0.1, -0.05) is 60.8 Å². The minimum Gasteiger partial charge on any atom is -0.481 e. The third kappa shape index (κ3) is 22.0. The Balaban J connectivity index is 1.57. The maximum atomic E-state index is 13.0. The number of carboxylic acids is 2. The van der Waals surface area contributed by atoms with Crippen molar-refractivity contribution in [2.75, 3.05) is 26.2 Å². The first kappa shape index (κ1) is 52.9. The number of carbonyl (C=O) groups is 6. The molecule has 0 bridgehead atoms. The van der Waals surface area contributed by atoms with Crippen molar-refractivity contribution in [3.8, 4) is 0 Å². The summed E-state index contributed by atoms with van der Waals surface area (Å²) in [7, 11) is 0. The Bertz CT molecular complexity index is 1340. The van der Waals surface area contributed by atoms with E-state index in [-0.39, 0.29) is 71.7 Å². The monoisotopic (exact) mass is 850 g/mol. The highest BCUT2D eigenvalue weighted by atomic mass is 16.7. The predicted molar refractivity (Wildman–Crippen MR) is 234 cm³/mol. The van der Waals surface area contributed by atoms with Crippen LogP contribution in [0.1, 0.15) is 190 Å². The van der Waals surface area contributed by atoms with Crippen molar-refractivity contribution < 1.29 is 43.8 Å². The molecule has 0 aromatic rings. The minimum absolute atomic E-state index is 0.0138. The number of unbranched alkanes of at least 4 members (excludes halogenated alkanes) is 4. The SMILES string of the molecule is CCC1(CC)CN1OCCCCNC(=O)C(CCC(=O)O)NC(=O)CCC(C)NC(=O)C1CCC(CNC(=O)CCCCCCC(C)(C)CCC(C)(C)CCC(=O)O)CC1. The van der Waals surface area contributed by atoms with Crippen LogP contribution in [0.4, 0.5) is 0 Å². The summed E-state index contributed by atoms with van der Waals surface area (Å²) < 4.78 is 0. The summed E-state index contributed by atoms with van der Waals surface area (Å²) in [5, 5.41) is 31.9. The molecule has 1 aliphatic carbocycles. The van der Waals surface area contributed by atoms with Crippen LogP contribution in [-0.2, 0) is 33.6 Å². The number of amides is 4. The minimum atomic E-state index is -1.04. The van der Waals surface area contributed by atoms with Gasteiger partial charge in [0.05, 0.1) is 12.1 Å². The van der Waals surface area contributed by atoms with Gasteiger partial charge in [0.1, 0.15) is 6.04 Å². The van der Waals surface area contributed by atoms with Gasteiger partial charge in [-0.15, -0.1) is 0 Å². The van der Waals surface area contributed by atoms with Gasteiger partial charge in [0.15, 0.2) is 0 Å². The topological polar surface area (TPSA) is 203 Å². The van der Waals surface area contributed by atoms with Crippen LogP contribution in [0.3, 0.4) is 0 Å². The summed E-state index contributed by atoms with van der Waals surface area (Å²) in [5.41, 5.74) is 0.420. The number of hydroxylamine groups is 2. The summed E-state index contributed by atoms with van der Waals surface area (Å²) in [4.78, 5) is 79.3. The fourth-order valence-electron chi connectivity index (χ4n) is 8.15. The van der Waals surface area contributed by atoms with Crippen LogP contribution >= 0.6 is 0 Å². The first-order valence-electron chi connectivity index (χ1n) is 23.3. The van der Waals surface area contributed by atoms with Crippen molar-refractivity contribution in [3.63, 3.8) is 0 Å². The van der Waals surface area contributed by atoms with Gasteiger partial charge in [-0.05, 0) is 120 Å². The van der Waals surface area contributed by atoms with Gasteiger partial charge < -0.3 is 31.5 Å². The van der Waals surface area contributed by atoms with E-state index >= 15 is 0 Å². The number of rotatable bonds is 33. The second kappa shape index (κ2) is 26.9. The molecule has 0 radical (unpaired) electrons. The van der Waals surface area contributed by atoms with Crippen molar-refractivity contribution in [3.05, 3.63) is 0 Å². The molecule has 0 spiro atoms. The molecule has 14 nitrogen and oxygen atoms in total. The molecule has 346 valence electrons. The molecule has 2 rings (SSSR count). The number of carbonyl (C=O) groups excluding carboxylic acids is 4. The highest BCUT2D eigenvalue weighted by Crippen LogP contribution is 2.39. The van der Waals surface area contributed by atoms with Crippen molar-refractivity contribution >= 4 is 35.6 Å². The van der Waals surface area contributed by atoms with Gasteiger partial charge in [-0.2, -0.15) is 5.06 Å². The van der Waals surface area contributed by atoms with Gasteiger partial charge in [-0.3, -0.25) is 33.6 Å². The number of hydrogen-bond donors (Lipinski definition) is 6. The maximum absolute atomic E-state index is 13.0. The van der Waals surface area contributed by atoms with E-state index in [9.17, 15) is 33.9 Å². The van der Waals surface area contributed by atoms with Gasteiger partial charge >= 0.3 is 11.9 Å². The van der Waals surface area contributed by atoms with Gasteiger partial charge in [0, 0.05) is 57.3 Å². The molecule has 1 saturated heterocycles. The lowest BCUT2D eigenvalue weighted by Crippen LogP contribution is -2.47. The molecule has 6 N–H and O–H groups in total. The fraction of sp³-hybridized carbons (Fsp3) is 0.870. The highest BCUT2D eigenvalue weighted by Gasteiger charge is 2.50. The van der Waals surface area contributed by atoms with Crippen molar-refractivity contribution in [2.45, 2.75) is 207 Å². The lowest BCUT2D eigenvalue weighted by Gasteiger charge is -2.31. The standard InChI is InChI=1S/C46H83N5O9/c1-8-46(9-2)33-51(46)60-31-15-14-30-47-43(59)37(22-24-40(54)55)50-39(53)23-17-34(3)49-42(58)36-20-18-35(19-21-36)32-48-38(52)16-12-10-11-13-26-44(4,5)28-29-45(6,7)27-25-41(56)57/h34-37H,8-33H2,1-7H3,(H,47,59)(H,48,52)(H,49,58)(H,50,53)(H,54,55)(H,56,57). The van der Waals surface area contributed by atoms with E-state index in [4.69, 9.17) is 9.94 Å². The number of nitrogens with zero attached hydrogens (tertiary/aromatic N) is 1. The zero-order valence-corrected chi connectivity index (χ0v) is 38.4. The molecular weight excluding hydrogens is 767 g/mol. The molecule has 0 aromatic heterocycles. The van der Waals surface area contributed by atoms with E-state index in [1.54, 1.807) is 0 Å². The van der Waals surface area contributed by atoms with E-state index < -0.39 is 23.9 Å². The number of nitrogens with one attached hydrogen (secondary N) is 4. The Hall–Kier alpha value is -3.26. The summed E-state index contributed by atoms with van der Waals surface area (Å²) in [6.45, 7) is 17.6. The largest absolute Gasteiger partial charge is 0.481 e. The van der Waals surface area contributed by atoms with Crippen LogP contribution < -0.4 is 21.3 Å². The summed E-state index contributed by atoms with van der Waals surface area (Å²) in [6.07, 6.45) is 15.8. The average molecular weight is 850 g/mol. The molecule has 1 heterocycles. The Labute approximate surface area is 361 Å². The number of aliphatic carboxylic acids is 2. The van der Waals surface area contributed by atoms with E-state index in [1.807, 2.05) is 12.0 Å². The molecule has 1 aliphatic heterocycles. The molecule has 14 heteroatoms. The Morgan fingerprint density at radius 2 is 1.33 bits per heavy atom. The summed E-state index contributed by atoms with van der Waals surface area (Å²) in [6, 6.07) is -1.20. The van der Waals surface area contributed by atoms with E-state index in [1.165, 1.54) is 0 Å². The quantitative estimate of drug-likeness (QED) is 0.0288. The first-order valence-corrected chi connectivity index (χ1v) is 23.3. The summed E-state index contributed by atoms with van der Waals surface area (Å²) >= 11 is 0. The average Bonchev–Trinajstić information content (AvgIpc) is 3.92. The van der Waals surface area contributed by atoms with Crippen molar-refractivity contribution in [2.24, 2.45) is 22.7 Å². The highest BCUT2D eigenvalue weighted by molar-refractivity contribution is 5.88. The van der Waals surface area contributed by atoms with Crippen LogP contribution in [0, 0.1) is 22.7 Å². The maximum Gasteiger partial charge on any atom is 0.303 e. The third-order valence-corrected chi connectivity index (χ3v) is 13.1. The molecular formula is C46H83N5O9. The Morgan fingerprint density at radius 3 is 1.95 bits per heavy atom. The van der Waals surface area contributed by atoms with E-state index in [0.29, 0.717) is 51.3 Å². The summed E-state index contributed by atoms with van der Waals surface area (Å²) in [5.74, 6) is -2.24. The normalized spacial score (nSPS) is 19.8. The second-order valence-electron chi connectivity index (χ2n) is 19.5. The van der Waals surface area contributed by atoms with Crippen LogP contribution in [-0.4, -0.2) is 94.7 Å². The van der Waals surface area contributed by atoms with Gasteiger partial charge in [0.2, 0.25) is 23.6 Å². The predicted octanol–water partition coefficient (Wildman–Crippen LogP) is 7.28. The Morgan fingerprint density at radius 1 is 0.700 bits per heavy atom. The fourth-order valence-corrected chi connectivity index (χ4v) is 8.15. The van der Waals surface area contributed by atoms with Crippen LogP contribution in [0.25, 0.3) is 0 Å². The molecule has 60 heavy (non-hydrogen) atoms. The molecule has 4 amide bonds. The van der Waals surface area contributed by atoms with Gasteiger partial charge in [0.25, 0.3) is 0 Å². The second-order valence-corrected chi connectivity index (χ2v) is 19.5. The zero-order valence-electron chi connectivity index (χ0n) is 38.4. The molecule has 0 aromatic carbocycles. The van der Waals surface area contributed by atoms with Crippen LogP contribution in [0.2, 0.25) is 0 Å². The van der Waals surface area contributed by atoms with Crippen molar-refractivity contribution in [1.82, 2.24) is 26.3 Å². The number of carboxylic acid groups (broad SMARTS) is 2.